The number of nitrogens with one attached hydrogen (secondary N) is 1. The highest BCUT2D eigenvalue weighted by Crippen LogP contribution is 2.27. The first-order chi connectivity index (χ1) is 11.9. The molecule has 0 bridgehead atoms. The van der Waals surface area contributed by atoms with Gasteiger partial charge >= 0.3 is 0 Å². The van der Waals surface area contributed by atoms with Crippen LogP contribution in [-0.2, 0) is 0 Å². The van der Waals surface area contributed by atoms with Crippen LogP contribution in [0.2, 0.25) is 5.02 Å². The highest BCUT2D eigenvalue weighted by atomic mass is 35.5. The van der Waals surface area contributed by atoms with E-state index in [1.54, 1.807) is 19.1 Å². The van der Waals surface area contributed by atoms with Crippen molar-refractivity contribution in [1.82, 2.24) is 19.6 Å². The lowest BCUT2D eigenvalue weighted by molar-refractivity contribution is 0.101. The molecule has 1 amide bonds. The lowest BCUT2D eigenvalue weighted by Crippen LogP contribution is -2.14. The minimum Gasteiger partial charge on any atom is -0.495 e. The molecule has 1 N–H and O–H groups in total. The largest absolute Gasteiger partial charge is 0.495 e. The lowest BCUT2D eigenvalue weighted by Gasteiger charge is -2.06. The van der Waals surface area contributed by atoms with Gasteiger partial charge in [-0.2, -0.15) is 9.50 Å². The van der Waals surface area contributed by atoms with Gasteiger partial charge in [-0.1, -0.05) is 11.6 Å². The number of carbonyl (C=O) groups excluding carboxylic acids is 1. The van der Waals surface area contributed by atoms with Crippen LogP contribution < -0.4 is 10.1 Å². The molecule has 0 aliphatic carbocycles. The van der Waals surface area contributed by atoms with Gasteiger partial charge in [0.2, 0.25) is 5.82 Å². The van der Waals surface area contributed by atoms with E-state index in [2.05, 4.69) is 20.4 Å². The Kier molecular flexibility index (Phi) is 4.49. The van der Waals surface area contributed by atoms with Gasteiger partial charge in [0.05, 0.1) is 12.1 Å². The zero-order valence-corrected chi connectivity index (χ0v) is 13.9. The molecule has 0 radical (unpaired) electrons. The minimum absolute atomic E-state index is 0.0757. The van der Waals surface area contributed by atoms with Crippen molar-refractivity contribution in [2.75, 3.05) is 12.4 Å². The average Bonchev–Trinajstić information content (AvgIpc) is 2.98. The highest BCUT2D eigenvalue weighted by molar-refractivity contribution is 6.32. The Labute approximate surface area is 145 Å². The molecule has 0 atom stereocenters. The Balaban J connectivity index is 1.92. The lowest BCUT2D eigenvalue weighted by atomic mass is 10.3. The van der Waals surface area contributed by atoms with Crippen molar-refractivity contribution in [2.24, 2.45) is 0 Å². The molecule has 2 heterocycles. The maximum absolute atomic E-state index is 13.1. The third-order valence-electron chi connectivity index (χ3n) is 3.30. The molecule has 3 aromatic rings. The summed E-state index contributed by atoms with van der Waals surface area (Å²) in [7, 11) is 1.47. The molecule has 7 nitrogen and oxygen atoms in total. The number of aromatic nitrogens is 4. The quantitative estimate of drug-likeness (QED) is 0.765. The number of nitrogens with zero attached hydrogens (tertiary/aromatic N) is 4. The second kappa shape index (κ2) is 6.60. The number of halogens is 3. The SMILES string of the molecule is COc1ccc(NC(=O)c2nc3nc(C)cc(C(F)F)n3n2)cc1Cl. The number of fused-ring (bicyclic) bond motifs is 1. The van der Waals surface area contributed by atoms with Crippen LogP contribution >= 0.6 is 11.6 Å². The first kappa shape index (κ1) is 17.0. The number of methoxy groups -OCH3 is 1. The topological polar surface area (TPSA) is 81.4 Å². The van der Waals surface area contributed by atoms with E-state index in [9.17, 15) is 13.6 Å². The molecule has 0 saturated carbocycles. The fourth-order valence-electron chi connectivity index (χ4n) is 2.20. The number of rotatable bonds is 4. The monoisotopic (exact) mass is 367 g/mol. The number of hydrogen-bond donors (Lipinski definition) is 1. The first-order valence-corrected chi connectivity index (χ1v) is 7.44. The summed E-state index contributed by atoms with van der Waals surface area (Å²) in [6.45, 7) is 1.56. The van der Waals surface area contributed by atoms with Gasteiger partial charge in [-0.25, -0.2) is 13.8 Å². The van der Waals surface area contributed by atoms with Gasteiger partial charge in [0.1, 0.15) is 11.4 Å². The number of anilines is 1. The van der Waals surface area contributed by atoms with Gasteiger partial charge in [0, 0.05) is 11.4 Å². The van der Waals surface area contributed by atoms with Gasteiger partial charge in [0.25, 0.3) is 18.1 Å². The molecule has 2 aromatic heterocycles. The minimum atomic E-state index is -2.78. The molecular formula is C15H12ClF2N5O2. The number of benzene rings is 1. The second-order valence-corrected chi connectivity index (χ2v) is 5.48. The first-order valence-electron chi connectivity index (χ1n) is 7.06. The van der Waals surface area contributed by atoms with E-state index in [1.165, 1.54) is 19.2 Å². The predicted molar refractivity (Wildman–Crippen MR) is 86.4 cm³/mol. The summed E-state index contributed by atoms with van der Waals surface area (Å²) in [6, 6.07) is 5.83. The number of carbonyl (C=O) groups is 1. The van der Waals surface area contributed by atoms with Crippen LogP contribution in [0.25, 0.3) is 5.78 Å². The summed E-state index contributed by atoms with van der Waals surface area (Å²) in [6.07, 6.45) is -2.78. The fourth-order valence-corrected chi connectivity index (χ4v) is 2.46. The van der Waals surface area contributed by atoms with Gasteiger partial charge in [-0.05, 0) is 31.2 Å². The number of hydrogen-bond acceptors (Lipinski definition) is 5. The number of ether oxygens (including phenoxy) is 1. The van der Waals surface area contributed by atoms with Gasteiger partial charge in [-0.3, -0.25) is 4.79 Å². The van der Waals surface area contributed by atoms with Crippen LogP contribution in [0, 0.1) is 6.92 Å². The fraction of sp³-hybridized carbons (Fsp3) is 0.200. The average molecular weight is 368 g/mol. The van der Waals surface area contributed by atoms with Crippen molar-refractivity contribution >= 4 is 29.0 Å². The van der Waals surface area contributed by atoms with E-state index in [4.69, 9.17) is 16.3 Å². The van der Waals surface area contributed by atoms with E-state index in [0.29, 0.717) is 22.2 Å². The van der Waals surface area contributed by atoms with Crippen LogP contribution in [0.5, 0.6) is 5.75 Å². The van der Waals surface area contributed by atoms with Crippen LogP contribution in [-0.4, -0.2) is 32.6 Å². The normalized spacial score (nSPS) is 11.1. The molecule has 0 fully saturated rings. The zero-order chi connectivity index (χ0) is 18.1. The van der Waals surface area contributed by atoms with Crippen molar-refractivity contribution in [3.63, 3.8) is 0 Å². The van der Waals surface area contributed by atoms with Crippen molar-refractivity contribution in [3.05, 3.63) is 46.5 Å². The van der Waals surface area contributed by atoms with Crippen LogP contribution in [0.15, 0.2) is 24.3 Å². The third kappa shape index (κ3) is 3.36. The Morgan fingerprint density at radius 2 is 2.08 bits per heavy atom. The van der Waals surface area contributed by atoms with Gasteiger partial charge in [0.15, 0.2) is 0 Å². The number of alkyl halides is 2. The van der Waals surface area contributed by atoms with Gasteiger partial charge in [-0.15, -0.1) is 5.10 Å². The van der Waals surface area contributed by atoms with E-state index in [1.807, 2.05) is 0 Å². The van der Waals surface area contributed by atoms with Crippen LogP contribution in [0.4, 0.5) is 14.5 Å². The maximum Gasteiger partial charge on any atom is 0.295 e. The molecule has 0 aliphatic heterocycles. The van der Waals surface area contributed by atoms with Crippen molar-refractivity contribution in [2.45, 2.75) is 13.3 Å². The van der Waals surface area contributed by atoms with Crippen molar-refractivity contribution in [1.29, 1.82) is 0 Å². The van der Waals surface area contributed by atoms with E-state index in [-0.39, 0.29) is 17.3 Å². The van der Waals surface area contributed by atoms with Crippen LogP contribution in [0.1, 0.15) is 28.4 Å². The Morgan fingerprint density at radius 1 is 1.32 bits per heavy atom. The zero-order valence-electron chi connectivity index (χ0n) is 13.1. The summed E-state index contributed by atoms with van der Waals surface area (Å²) in [5, 5.41) is 6.67. The predicted octanol–water partition coefficient (Wildman–Crippen LogP) is 3.28. The molecule has 0 unspecified atom stereocenters. The molecular weight excluding hydrogens is 356 g/mol. The highest BCUT2D eigenvalue weighted by Gasteiger charge is 2.20. The Hall–Kier alpha value is -2.81. The molecule has 0 aliphatic rings. The number of aryl methyl sites for hydroxylation is 1. The maximum atomic E-state index is 13.1. The molecule has 0 saturated heterocycles. The van der Waals surface area contributed by atoms with Crippen molar-refractivity contribution < 1.29 is 18.3 Å². The summed E-state index contributed by atoms with van der Waals surface area (Å²) >= 11 is 5.99. The van der Waals surface area contributed by atoms with Gasteiger partial charge < -0.3 is 10.1 Å². The summed E-state index contributed by atoms with van der Waals surface area (Å²) in [5.41, 5.74) is 0.346. The molecule has 0 spiro atoms. The summed E-state index contributed by atoms with van der Waals surface area (Å²) in [5.74, 6) is -0.587. The Bertz CT molecular complexity index is 960. The van der Waals surface area contributed by atoms with Crippen LogP contribution in [0.3, 0.4) is 0 Å². The second-order valence-electron chi connectivity index (χ2n) is 5.07. The Morgan fingerprint density at radius 3 is 2.72 bits per heavy atom. The standard InChI is InChI=1S/C15H12ClF2N5O2/c1-7-5-10(12(17)18)23-15(19-7)21-13(22-23)14(24)20-8-3-4-11(25-2)9(16)6-8/h3-6,12H,1-2H3,(H,20,24). The summed E-state index contributed by atoms with van der Waals surface area (Å²) < 4.78 is 32.1. The van der Waals surface area contributed by atoms with E-state index >= 15 is 0 Å². The molecule has 3 rings (SSSR count). The van der Waals surface area contributed by atoms with Crippen molar-refractivity contribution in [3.8, 4) is 5.75 Å². The third-order valence-corrected chi connectivity index (χ3v) is 3.60. The number of amides is 1. The van der Waals surface area contributed by atoms with E-state index in [0.717, 1.165) is 4.52 Å². The summed E-state index contributed by atoms with van der Waals surface area (Å²) in [4.78, 5) is 20.2. The smallest absolute Gasteiger partial charge is 0.295 e. The molecule has 10 heteroatoms. The van der Waals surface area contributed by atoms with E-state index < -0.39 is 12.3 Å². The molecule has 130 valence electrons. The molecule has 1 aromatic carbocycles. The molecule has 25 heavy (non-hydrogen) atoms.